The minimum absolute atomic E-state index is 0.00391. The van der Waals surface area contributed by atoms with Gasteiger partial charge >= 0.3 is 5.97 Å². The third-order valence-corrected chi connectivity index (χ3v) is 2.60. The summed E-state index contributed by atoms with van der Waals surface area (Å²) in [4.78, 5) is 10.9. The first-order valence-electron chi connectivity index (χ1n) is 5.99. The van der Waals surface area contributed by atoms with Crippen LogP contribution in [0, 0.1) is 5.92 Å². The number of hydrogen-bond donors (Lipinski definition) is 1. The number of ether oxygens (including phenoxy) is 1. The lowest BCUT2D eigenvalue weighted by Crippen LogP contribution is -2.29. The Morgan fingerprint density at radius 2 is 1.94 bits per heavy atom. The van der Waals surface area contributed by atoms with Crippen molar-refractivity contribution >= 4 is 5.97 Å². The van der Waals surface area contributed by atoms with Crippen LogP contribution in [-0.4, -0.2) is 23.8 Å². The Hall–Kier alpha value is -1.35. The quantitative estimate of drug-likeness (QED) is 0.740. The molecule has 1 aromatic rings. The van der Waals surface area contributed by atoms with Crippen molar-refractivity contribution in [2.45, 2.75) is 32.8 Å². The van der Waals surface area contributed by atoms with Crippen LogP contribution in [0.15, 0.2) is 30.3 Å². The van der Waals surface area contributed by atoms with E-state index in [0.29, 0.717) is 6.61 Å². The van der Waals surface area contributed by atoms with Gasteiger partial charge in [-0.25, -0.2) is 4.79 Å². The highest BCUT2D eigenvalue weighted by atomic mass is 16.5. The third-order valence-electron chi connectivity index (χ3n) is 2.60. The van der Waals surface area contributed by atoms with Crippen molar-refractivity contribution in [3.05, 3.63) is 35.9 Å². The summed E-state index contributed by atoms with van der Waals surface area (Å²) in [7, 11) is 0. The smallest absolute Gasteiger partial charge is 0.333 e. The molecule has 1 aromatic carbocycles. The molecule has 0 heterocycles. The summed E-state index contributed by atoms with van der Waals surface area (Å²) < 4.78 is 5.39. The highest BCUT2D eigenvalue weighted by molar-refractivity contribution is 5.72. The van der Waals surface area contributed by atoms with E-state index >= 15 is 0 Å². The highest BCUT2D eigenvalue weighted by Gasteiger charge is 2.21. The number of carboxylic acid groups (broad SMARTS) is 1. The minimum Gasteiger partial charge on any atom is -0.479 e. The molecule has 0 radical (unpaired) electrons. The molecule has 0 fully saturated rings. The zero-order valence-corrected chi connectivity index (χ0v) is 10.4. The van der Waals surface area contributed by atoms with Gasteiger partial charge in [0.05, 0.1) is 0 Å². The van der Waals surface area contributed by atoms with Crippen molar-refractivity contribution in [1.29, 1.82) is 0 Å². The molecule has 0 aliphatic rings. The SMILES string of the molecule is CC(C)C(OCCCc1ccccc1)C(=O)O. The standard InChI is InChI=1S/C14H20O3/c1-11(2)13(14(15)16)17-10-6-9-12-7-4-3-5-8-12/h3-5,7-8,11,13H,6,9-10H2,1-2H3,(H,15,16). The summed E-state index contributed by atoms with van der Waals surface area (Å²) in [5.41, 5.74) is 1.26. The average Bonchev–Trinajstić information content (AvgIpc) is 2.29. The fraction of sp³-hybridized carbons (Fsp3) is 0.500. The first-order valence-corrected chi connectivity index (χ1v) is 5.99. The fourth-order valence-corrected chi connectivity index (χ4v) is 1.68. The van der Waals surface area contributed by atoms with E-state index in [0.717, 1.165) is 12.8 Å². The van der Waals surface area contributed by atoms with Gasteiger partial charge in [-0.3, -0.25) is 0 Å². The normalized spacial score (nSPS) is 12.6. The van der Waals surface area contributed by atoms with E-state index in [4.69, 9.17) is 9.84 Å². The lowest BCUT2D eigenvalue weighted by molar-refractivity contribution is -0.153. The van der Waals surface area contributed by atoms with Gasteiger partial charge in [0.25, 0.3) is 0 Å². The van der Waals surface area contributed by atoms with Crippen LogP contribution in [0.5, 0.6) is 0 Å². The predicted molar refractivity (Wildman–Crippen MR) is 67.0 cm³/mol. The molecule has 3 nitrogen and oxygen atoms in total. The van der Waals surface area contributed by atoms with E-state index in [1.165, 1.54) is 5.56 Å². The van der Waals surface area contributed by atoms with Crippen molar-refractivity contribution in [3.8, 4) is 0 Å². The maximum Gasteiger partial charge on any atom is 0.333 e. The molecule has 0 amide bonds. The van der Waals surface area contributed by atoms with Crippen LogP contribution in [0.2, 0.25) is 0 Å². The van der Waals surface area contributed by atoms with Gasteiger partial charge in [-0.1, -0.05) is 44.2 Å². The zero-order valence-electron chi connectivity index (χ0n) is 10.4. The van der Waals surface area contributed by atoms with Gasteiger partial charge in [-0.15, -0.1) is 0 Å². The van der Waals surface area contributed by atoms with Gasteiger partial charge in [0.15, 0.2) is 6.10 Å². The Morgan fingerprint density at radius 3 is 2.47 bits per heavy atom. The number of hydrogen-bond acceptors (Lipinski definition) is 2. The van der Waals surface area contributed by atoms with E-state index in [-0.39, 0.29) is 5.92 Å². The molecule has 0 saturated heterocycles. The number of benzene rings is 1. The Labute approximate surface area is 102 Å². The summed E-state index contributed by atoms with van der Waals surface area (Å²) in [6, 6.07) is 10.1. The van der Waals surface area contributed by atoms with Crippen molar-refractivity contribution in [3.63, 3.8) is 0 Å². The molecule has 1 N–H and O–H groups in total. The molecule has 0 aromatic heterocycles. The van der Waals surface area contributed by atoms with Crippen LogP contribution < -0.4 is 0 Å². The third kappa shape index (κ3) is 5.00. The second-order valence-electron chi connectivity index (χ2n) is 4.46. The highest BCUT2D eigenvalue weighted by Crippen LogP contribution is 2.09. The van der Waals surface area contributed by atoms with Gasteiger partial charge in [0.1, 0.15) is 0 Å². The predicted octanol–water partition coefficient (Wildman–Crippen LogP) is 2.75. The molecule has 1 unspecified atom stereocenters. The number of aliphatic carboxylic acids is 1. The summed E-state index contributed by atoms with van der Waals surface area (Å²) in [5, 5.41) is 8.94. The van der Waals surface area contributed by atoms with Crippen LogP contribution in [0.1, 0.15) is 25.8 Å². The average molecular weight is 236 g/mol. The van der Waals surface area contributed by atoms with Crippen LogP contribution in [0.25, 0.3) is 0 Å². The zero-order chi connectivity index (χ0) is 12.7. The van der Waals surface area contributed by atoms with Crippen LogP contribution in [0.3, 0.4) is 0 Å². The van der Waals surface area contributed by atoms with Crippen LogP contribution in [0.4, 0.5) is 0 Å². The lowest BCUT2D eigenvalue weighted by Gasteiger charge is -2.16. The summed E-state index contributed by atoms with van der Waals surface area (Å²) in [5.74, 6) is -0.871. The first-order chi connectivity index (χ1) is 8.11. The largest absolute Gasteiger partial charge is 0.479 e. The summed E-state index contributed by atoms with van der Waals surface area (Å²) in [6.07, 6.45) is 1.08. The topological polar surface area (TPSA) is 46.5 Å². The maximum atomic E-state index is 10.9. The van der Waals surface area contributed by atoms with Gasteiger partial charge in [-0.2, -0.15) is 0 Å². The Morgan fingerprint density at radius 1 is 1.29 bits per heavy atom. The van der Waals surface area contributed by atoms with E-state index < -0.39 is 12.1 Å². The van der Waals surface area contributed by atoms with E-state index in [1.807, 2.05) is 32.0 Å². The molecular formula is C14H20O3. The number of rotatable bonds is 7. The molecule has 1 atom stereocenters. The van der Waals surface area contributed by atoms with Crippen LogP contribution >= 0.6 is 0 Å². The van der Waals surface area contributed by atoms with E-state index in [2.05, 4.69) is 12.1 Å². The molecule has 0 aliphatic carbocycles. The van der Waals surface area contributed by atoms with Crippen molar-refractivity contribution in [2.75, 3.05) is 6.61 Å². The molecule has 17 heavy (non-hydrogen) atoms. The van der Waals surface area contributed by atoms with E-state index in [1.54, 1.807) is 0 Å². The van der Waals surface area contributed by atoms with Crippen molar-refractivity contribution in [1.82, 2.24) is 0 Å². The number of aryl methyl sites for hydroxylation is 1. The van der Waals surface area contributed by atoms with Crippen molar-refractivity contribution < 1.29 is 14.6 Å². The van der Waals surface area contributed by atoms with Gasteiger partial charge in [-0.05, 0) is 24.3 Å². The molecule has 0 bridgehead atoms. The first kappa shape index (κ1) is 13.7. The molecule has 0 spiro atoms. The van der Waals surface area contributed by atoms with Gasteiger partial charge < -0.3 is 9.84 Å². The molecule has 3 heteroatoms. The second kappa shape index (κ2) is 7.07. The lowest BCUT2D eigenvalue weighted by atomic mass is 10.1. The number of carboxylic acids is 1. The van der Waals surface area contributed by atoms with Crippen molar-refractivity contribution in [2.24, 2.45) is 5.92 Å². The molecular weight excluding hydrogens is 216 g/mol. The minimum atomic E-state index is -0.875. The number of carbonyl (C=O) groups is 1. The van der Waals surface area contributed by atoms with Gasteiger partial charge in [0.2, 0.25) is 0 Å². The molecule has 1 rings (SSSR count). The van der Waals surface area contributed by atoms with E-state index in [9.17, 15) is 4.79 Å². The summed E-state index contributed by atoms with van der Waals surface area (Å²) in [6.45, 7) is 4.20. The monoisotopic (exact) mass is 236 g/mol. The Kier molecular flexibility index (Phi) is 5.70. The Bertz CT molecular complexity index is 333. The molecule has 0 saturated carbocycles. The fourth-order valence-electron chi connectivity index (χ4n) is 1.68. The molecule has 94 valence electrons. The second-order valence-corrected chi connectivity index (χ2v) is 4.46. The molecule has 0 aliphatic heterocycles. The maximum absolute atomic E-state index is 10.9. The van der Waals surface area contributed by atoms with Gasteiger partial charge in [0, 0.05) is 6.61 Å². The Balaban J connectivity index is 2.26. The summed E-state index contributed by atoms with van der Waals surface area (Å²) >= 11 is 0. The van der Waals surface area contributed by atoms with Crippen LogP contribution in [-0.2, 0) is 16.0 Å².